The Hall–Kier alpha value is -1.79. The highest BCUT2D eigenvalue weighted by Crippen LogP contribution is 2.12. The summed E-state index contributed by atoms with van der Waals surface area (Å²) >= 11 is 0. The topological polar surface area (TPSA) is 108 Å². The molecule has 1 atom stereocenters. The van der Waals surface area contributed by atoms with Gasteiger partial charge in [-0.05, 0) is 13.3 Å². The van der Waals surface area contributed by atoms with E-state index in [4.69, 9.17) is 5.11 Å². The van der Waals surface area contributed by atoms with Crippen molar-refractivity contribution in [1.29, 1.82) is 0 Å². The van der Waals surface area contributed by atoms with Gasteiger partial charge in [0.15, 0.2) is 0 Å². The molecule has 0 aromatic rings. The number of carbonyl (C=O) groups is 3. The standard InChI is InChI=1S/C10H19N3O4/c1-4-5-10(2,8(15)16)13-9(17)12-6-7(14)11-3/h4-6H2,1-3H3,(H,11,14)(H,15,16)(H2,12,13,17). The van der Waals surface area contributed by atoms with Gasteiger partial charge in [0.1, 0.15) is 5.54 Å². The van der Waals surface area contributed by atoms with E-state index in [1.54, 1.807) is 0 Å². The van der Waals surface area contributed by atoms with Gasteiger partial charge in [0.2, 0.25) is 5.91 Å². The predicted octanol–water partition coefficient (Wildman–Crippen LogP) is -0.325. The van der Waals surface area contributed by atoms with Gasteiger partial charge in [0, 0.05) is 7.05 Å². The van der Waals surface area contributed by atoms with Gasteiger partial charge < -0.3 is 21.1 Å². The number of hydrogen-bond donors (Lipinski definition) is 4. The largest absolute Gasteiger partial charge is 0.480 e. The number of nitrogens with one attached hydrogen (secondary N) is 3. The van der Waals surface area contributed by atoms with Crippen molar-refractivity contribution in [3.05, 3.63) is 0 Å². The lowest BCUT2D eigenvalue weighted by Gasteiger charge is -2.25. The molecular weight excluding hydrogens is 226 g/mol. The molecule has 0 spiro atoms. The van der Waals surface area contributed by atoms with Crippen molar-refractivity contribution in [2.45, 2.75) is 32.2 Å². The van der Waals surface area contributed by atoms with Crippen molar-refractivity contribution < 1.29 is 19.5 Å². The summed E-state index contributed by atoms with van der Waals surface area (Å²) in [6, 6.07) is -0.674. The van der Waals surface area contributed by atoms with Gasteiger partial charge in [0.05, 0.1) is 6.54 Å². The number of carboxylic acids is 1. The summed E-state index contributed by atoms with van der Waals surface area (Å²) in [4.78, 5) is 33.3. The molecule has 0 saturated carbocycles. The van der Waals surface area contributed by atoms with E-state index in [1.165, 1.54) is 14.0 Å². The Labute approximate surface area is 100.0 Å². The Kier molecular flexibility index (Phi) is 6.01. The first-order valence-corrected chi connectivity index (χ1v) is 5.35. The Morgan fingerprint density at radius 3 is 2.29 bits per heavy atom. The Bertz CT molecular complexity index is 306. The van der Waals surface area contributed by atoms with Crippen LogP contribution in [0.25, 0.3) is 0 Å². The van der Waals surface area contributed by atoms with Crippen molar-refractivity contribution in [2.75, 3.05) is 13.6 Å². The molecule has 0 aliphatic carbocycles. The highest BCUT2D eigenvalue weighted by atomic mass is 16.4. The highest BCUT2D eigenvalue weighted by Gasteiger charge is 2.33. The fraction of sp³-hybridized carbons (Fsp3) is 0.700. The van der Waals surface area contributed by atoms with Crippen LogP contribution in [0.3, 0.4) is 0 Å². The average Bonchev–Trinajstić information content (AvgIpc) is 2.25. The van der Waals surface area contributed by atoms with Crippen molar-refractivity contribution >= 4 is 17.9 Å². The third-order valence-electron chi connectivity index (χ3n) is 2.30. The lowest BCUT2D eigenvalue weighted by Crippen LogP contribution is -2.56. The fourth-order valence-corrected chi connectivity index (χ4v) is 1.27. The van der Waals surface area contributed by atoms with E-state index in [1.807, 2.05) is 6.92 Å². The Morgan fingerprint density at radius 2 is 1.88 bits per heavy atom. The molecule has 0 radical (unpaired) electrons. The van der Waals surface area contributed by atoms with E-state index < -0.39 is 17.5 Å². The maximum atomic E-state index is 11.4. The zero-order valence-electron chi connectivity index (χ0n) is 10.3. The average molecular weight is 245 g/mol. The van der Waals surface area contributed by atoms with E-state index in [2.05, 4.69) is 16.0 Å². The van der Waals surface area contributed by atoms with E-state index in [-0.39, 0.29) is 12.5 Å². The first kappa shape index (κ1) is 15.2. The molecule has 7 heteroatoms. The molecule has 0 aromatic heterocycles. The van der Waals surface area contributed by atoms with E-state index in [0.29, 0.717) is 12.8 Å². The van der Waals surface area contributed by atoms with Gasteiger partial charge in [-0.2, -0.15) is 0 Å². The van der Waals surface area contributed by atoms with Crippen LogP contribution in [-0.2, 0) is 9.59 Å². The molecule has 0 aliphatic heterocycles. The SMILES string of the molecule is CCCC(C)(NC(=O)NCC(=O)NC)C(=O)O. The van der Waals surface area contributed by atoms with Crippen LogP contribution in [0.4, 0.5) is 4.79 Å². The number of urea groups is 1. The number of amides is 3. The van der Waals surface area contributed by atoms with Crippen molar-refractivity contribution in [3.8, 4) is 0 Å². The third kappa shape index (κ3) is 5.19. The number of hydrogen-bond acceptors (Lipinski definition) is 3. The van der Waals surface area contributed by atoms with Gasteiger partial charge in [-0.1, -0.05) is 13.3 Å². The van der Waals surface area contributed by atoms with Gasteiger partial charge in [-0.25, -0.2) is 9.59 Å². The van der Waals surface area contributed by atoms with E-state index in [9.17, 15) is 14.4 Å². The second-order valence-electron chi connectivity index (χ2n) is 3.87. The molecule has 0 heterocycles. The predicted molar refractivity (Wildman–Crippen MR) is 61.5 cm³/mol. The van der Waals surface area contributed by atoms with Crippen LogP contribution in [0.1, 0.15) is 26.7 Å². The fourth-order valence-electron chi connectivity index (χ4n) is 1.27. The summed E-state index contributed by atoms with van der Waals surface area (Å²) in [5, 5.41) is 16.0. The minimum Gasteiger partial charge on any atom is -0.480 e. The smallest absolute Gasteiger partial charge is 0.329 e. The number of rotatable bonds is 6. The molecular formula is C10H19N3O4. The quantitative estimate of drug-likeness (QED) is 0.514. The molecule has 98 valence electrons. The zero-order valence-corrected chi connectivity index (χ0v) is 10.3. The van der Waals surface area contributed by atoms with E-state index in [0.717, 1.165) is 0 Å². The molecule has 3 amide bonds. The molecule has 0 aliphatic rings. The van der Waals surface area contributed by atoms with Gasteiger partial charge in [0.25, 0.3) is 0 Å². The summed E-state index contributed by atoms with van der Waals surface area (Å²) < 4.78 is 0. The lowest BCUT2D eigenvalue weighted by atomic mass is 9.97. The maximum Gasteiger partial charge on any atom is 0.329 e. The molecule has 1 unspecified atom stereocenters. The summed E-state index contributed by atoms with van der Waals surface area (Å²) in [6.45, 7) is 3.06. The number of aliphatic carboxylic acids is 1. The first-order valence-electron chi connectivity index (χ1n) is 5.35. The lowest BCUT2D eigenvalue weighted by molar-refractivity contribution is -0.144. The molecule has 0 saturated heterocycles. The minimum absolute atomic E-state index is 0.190. The van der Waals surface area contributed by atoms with Crippen LogP contribution in [0.15, 0.2) is 0 Å². The van der Waals surface area contributed by atoms with Crippen LogP contribution >= 0.6 is 0 Å². The Balaban J connectivity index is 4.32. The van der Waals surface area contributed by atoms with Crippen molar-refractivity contribution in [1.82, 2.24) is 16.0 Å². The van der Waals surface area contributed by atoms with Crippen molar-refractivity contribution in [3.63, 3.8) is 0 Å². The maximum absolute atomic E-state index is 11.4. The molecule has 0 fully saturated rings. The number of carbonyl (C=O) groups excluding carboxylic acids is 2. The zero-order chi connectivity index (χ0) is 13.5. The van der Waals surface area contributed by atoms with Gasteiger partial charge in [-0.15, -0.1) is 0 Å². The van der Waals surface area contributed by atoms with Crippen LogP contribution in [0, 0.1) is 0 Å². The summed E-state index contributed by atoms with van der Waals surface area (Å²) in [7, 11) is 1.44. The van der Waals surface area contributed by atoms with Crippen molar-refractivity contribution in [2.24, 2.45) is 0 Å². The summed E-state index contributed by atoms with van der Waals surface area (Å²) in [5.41, 5.74) is -1.32. The first-order chi connectivity index (χ1) is 7.85. The number of likely N-dealkylation sites (N-methyl/N-ethyl adjacent to an activating group) is 1. The third-order valence-corrected chi connectivity index (χ3v) is 2.30. The summed E-state index contributed by atoms with van der Waals surface area (Å²) in [6.07, 6.45) is 0.939. The molecule has 7 nitrogen and oxygen atoms in total. The number of carboxylic acid groups (broad SMARTS) is 1. The van der Waals surface area contributed by atoms with E-state index >= 15 is 0 Å². The molecule has 0 rings (SSSR count). The van der Waals surface area contributed by atoms with Crippen LogP contribution in [-0.4, -0.2) is 42.1 Å². The summed E-state index contributed by atoms with van der Waals surface area (Å²) in [5.74, 6) is -1.46. The molecule has 0 aromatic carbocycles. The molecule has 17 heavy (non-hydrogen) atoms. The van der Waals surface area contributed by atoms with Gasteiger partial charge >= 0.3 is 12.0 Å². The molecule has 4 N–H and O–H groups in total. The minimum atomic E-state index is -1.32. The second-order valence-corrected chi connectivity index (χ2v) is 3.87. The van der Waals surface area contributed by atoms with Crippen LogP contribution in [0.2, 0.25) is 0 Å². The molecule has 0 bridgehead atoms. The monoisotopic (exact) mass is 245 g/mol. The normalized spacial score (nSPS) is 13.4. The second kappa shape index (κ2) is 6.72. The van der Waals surface area contributed by atoms with Gasteiger partial charge in [-0.3, -0.25) is 4.79 Å². The van der Waals surface area contributed by atoms with Crippen LogP contribution < -0.4 is 16.0 Å². The van der Waals surface area contributed by atoms with Crippen LogP contribution in [0.5, 0.6) is 0 Å². The highest BCUT2D eigenvalue weighted by molar-refractivity contribution is 5.88. The Morgan fingerprint density at radius 1 is 1.29 bits per heavy atom.